The van der Waals surface area contributed by atoms with Crippen molar-refractivity contribution in [2.75, 3.05) is 14.2 Å². The van der Waals surface area contributed by atoms with Gasteiger partial charge in [0.25, 0.3) is 5.91 Å². The number of halogens is 1. The summed E-state index contributed by atoms with van der Waals surface area (Å²) in [5.41, 5.74) is 1.83. The molecule has 4 aliphatic rings. The summed E-state index contributed by atoms with van der Waals surface area (Å²) in [5, 5.41) is 6.91. The summed E-state index contributed by atoms with van der Waals surface area (Å²) >= 11 is 6.83. The van der Waals surface area contributed by atoms with Crippen LogP contribution in [0.4, 0.5) is 0 Å². The van der Waals surface area contributed by atoms with Crippen LogP contribution in [0.2, 0.25) is 5.02 Å². The Bertz CT molecular complexity index is 1360. The molecule has 2 aromatic carbocycles. The second-order valence-corrected chi connectivity index (χ2v) is 12.9. The number of fused-ring (bicyclic) bond motifs is 3. The third-order valence-electron chi connectivity index (χ3n) is 10.6. The summed E-state index contributed by atoms with van der Waals surface area (Å²) in [4.78, 5) is 26.9. The lowest BCUT2D eigenvalue weighted by atomic mass is 9.43. The fourth-order valence-electron chi connectivity index (χ4n) is 8.36. The summed E-state index contributed by atoms with van der Waals surface area (Å²) in [7, 11) is 3.51. The Morgan fingerprint density at radius 3 is 2.61 bits per heavy atom. The average molecular weight is 537 g/mol. The predicted octanol–water partition coefficient (Wildman–Crippen LogP) is 5.49. The lowest BCUT2D eigenvalue weighted by molar-refractivity contribution is -0.212. The molecule has 2 N–H and O–H groups in total. The van der Waals surface area contributed by atoms with Crippen LogP contribution >= 0.6 is 11.6 Å². The van der Waals surface area contributed by atoms with E-state index in [1.807, 2.05) is 37.4 Å². The van der Waals surface area contributed by atoms with E-state index in [4.69, 9.17) is 21.1 Å². The number of para-hydroxylation sites is 1. The van der Waals surface area contributed by atoms with Gasteiger partial charge in [-0.05, 0) is 49.9 Å². The SMILES string of the molecule is CN[C@@H]1C[C@@]23Oc4c(cc(Cl)c5c4[C@@H](c4ccccc4OC)NC5=O)C[C@]2(C)[C@@H](C)CC[C@H]3C(C)(C)C1=O. The number of hydrogen-bond acceptors (Lipinski definition) is 5. The van der Waals surface area contributed by atoms with E-state index in [0.29, 0.717) is 28.7 Å². The second kappa shape index (κ2) is 8.46. The molecule has 6 nitrogen and oxygen atoms in total. The molecule has 0 saturated heterocycles. The third-order valence-corrected chi connectivity index (χ3v) is 10.9. The van der Waals surface area contributed by atoms with Crippen LogP contribution in [0.3, 0.4) is 0 Å². The molecule has 2 aromatic rings. The van der Waals surface area contributed by atoms with Gasteiger partial charge in [-0.15, -0.1) is 0 Å². The Hall–Kier alpha value is -2.57. The van der Waals surface area contributed by atoms with Crippen LogP contribution in [0.25, 0.3) is 0 Å². The zero-order valence-electron chi connectivity index (χ0n) is 23.0. The molecule has 2 heterocycles. The molecule has 2 aliphatic carbocycles. The van der Waals surface area contributed by atoms with Crippen LogP contribution in [0.1, 0.15) is 80.0 Å². The van der Waals surface area contributed by atoms with E-state index >= 15 is 0 Å². The van der Waals surface area contributed by atoms with Gasteiger partial charge in [0.2, 0.25) is 0 Å². The normalized spacial score (nSPS) is 34.8. The number of methoxy groups -OCH3 is 1. The number of benzene rings is 2. The van der Waals surface area contributed by atoms with E-state index in [-0.39, 0.29) is 29.1 Å². The first-order valence-electron chi connectivity index (χ1n) is 13.7. The highest BCUT2D eigenvalue weighted by Gasteiger charge is 2.69. The topological polar surface area (TPSA) is 76.7 Å². The minimum absolute atomic E-state index is 0.0579. The Morgan fingerprint density at radius 2 is 1.89 bits per heavy atom. The van der Waals surface area contributed by atoms with Crippen LogP contribution in [0, 0.1) is 22.7 Å². The third kappa shape index (κ3) is 3.16. The molecule has 2 fully saturated rings. The van der Waals surface area contributed by atoms with Gasteiger partial charge in [0.1, 0.15) is 17.1 Å². The standard InChI is InChI=1S/C31H37ClN2O4/c1-16-11-12-22-29(2,3)27(35)20(33-5)15-31(22)30(16,4)14-17-13-19(32)23-24(26(17)38-31)25(34-28(23)36)18-9-7-8-10-21(18)37-6/h7-10,13,16,20,22,25,33H,11-12,14-15H2,1-6H3,(H,34,36)/t16-,20+,22-,25+,30+,31-/m0/s1. The smallest absolute Gasteiger partial charge is 0.254 e. The first-order valence-corrected chi connectivity index (χ1v) is 14.1. The van der Waals surface area contributed by atoms with Crippen molar-refractivity contribution < 1.29 is 19.1 Å². The number of rotatable bonds is 3. The first-order chi connectivity index (χ1) is 18.0. The van der Waals surface area contributed by atoms with Crippen LogP contribution < -0.4 is 20.1 Å². The Balaban J connectivity index is 1.60. The maximum Gasteiger partial charge on any atom is 0.254 e. The number of carbonyl (C=O) groups excluding carboxylic acids is 2. The maximum absolute atomic E-state index is 13.6. The van der Waals surface area contributed by atoms with Gasteiger partial charge >= 0.3 is 0 Å². The van der Waals surface area contributed by atoms with Gasteiger partial charge in [-0.25, -0.2) is 0 Å². The fraction of sp³-hybridized carbons (Fsp3) is 0.548. The summed E-state index contributed by atoms with van der Waals surface area (Å²) < 4.78 is 13.1. The number of ether oxygens (including phenoxy) is 2. The van der Waals surface area contributed by atoms with Crippen molar-refractivity contribution in [3.05, 3.63) is 57.6 Å². The monoisotopic (exact) mass is 536 g/mol. The predicted molar refractivity (Wildman–Crippen MR) is 147 cm³/mol. The molecule has 7 heteroatoms. The highest BCUT2D eigenvalue weighted by molar-refractivity contribution is 6.34. The van der Waals surface area contributed by atoms with E-state index in [0.717, 1.165) is 41.7 Å². The lowest BCUT2D eigenvalue weighted by Gasteiger charge is -2.66. The van der Waals surface area contributed by atoms with Gasteiger partial charge in [-0.3, -0.25) is 9.59 Å². The number of amides is 1. The number of likely N-dealkylation sites (N-methyl/N-ethyl adjacent to an activating group) is 1. The molecular weight excluding hydrogens is 500 g/mol. The minimum atomic E-state index is -0.568. The van der Waals surface area contributed by atoms with E-state index in [2.05, 4.69) is 38.3 Å². The summed E-state index contributed by atoms with van der Waals surface area (Å²) in [6, 6.07) is 8.93. The van der Waals surface area contributed by atoms with Crippen molar-refractivity contribution in [1.29, 1.82) is 0 Å². The van der Waals surface area contributed by atoms with Crippen molar-refractivity contribution in [2.45, 2.75) is 71.1 Å². The van der Waals surface area contributed by atoms with Crippen LogP contribution in [-0.2, 0) is 11.2 Å². The molecule has 6 atom stereocenters. The molecule has 1 spiro atoms. The van der Waals surface area contributed by atoms with Gasteiger partial charge in [-0.1, -0.05) is 57.5 Å². The molecule has 0 unspecified atom stereocenters. The van der Waals surface area contributed by atoms with Crippen molar-refractivity contribution in [1.82, 2.24) is 10.6 Å². The molecule has 0 radical (unpaired) electrons. The number of nitrogens with one attached hydrogen (secondary N) is 2. The molecule has 202 valence electrons. The van der Waals surface area contributed by atoms with Gasteiger partial charge in [0, 0.05) is 34.3 Å². The molecule has 2 aliphatic heterocycles. The highest BCUT2D eigenvalue weighted by Crippen LogP contribution is 2.66. The minimum Gasteiger partial charge on any atom is -0.496 e. The van der Waals surface area contributed by atoms with Crippen molar-refractivity contribution in [3.63, 3.8) is 0 Å². The van der Waals surface area contributed by atoms with Crippen molar-refractivity contribution in [2.24, 2.45) is 22.7 Å². The van der Waals surface area contributed by atoms with E-state index in [1.165, 1.54) is 0 Å². The van der Waals surface area contributed by atoms with E-state index < -0.39 is 17.1 Å². The number of carbonyl (C=O) groups is 2. The van der Waals surface area contributed by atoms with Crippen LogP contribution in [-0.4, -0.2) is 37.5 Å². The molecular formula is C31H37ClN2O4. The van der Waals surface area contributed by atoms with Gasteiger partial charge in [0.15, 0.2) is 5.78 Å². The second-order valence-electron chi connectivity index (χ2n) is 12.5. The van der Waals surface area contributed by atoms with Gasteiger partial charge < -0.3 is 20.1 Å². The van der Waals surface area contributed by atoms with Crippen molar-refractivity contribution >= 4 is 23.3 Å². The largest absolute Gasteiger partial charge is 0.496 e. The average Bonchev–Trinajstić information content (AvgIpc) is 3.24. The van der Waals surface area contributed by atoms with E-state index in [1.54, 1.807) is 7.11 Å². The number of hydrogen-bond donors (Lipinski definition) is 2. The lowest BCUT2D eigenvalue weighted by Crippen LogP contribution is -2.73. The first kappa shape index (κ1) is 25.7. The molecule has 0 aromatic heterocycles. The van der Waals surface area contributed by atoms with Crippen LogP contribution in [0.5, 0.6) is 11.5 Å². The molecule has 2 saturated carbocycles. The fourth-order valence-corrected chi connectivity index (χ4v) is 8.68. The Morgan fingerprint density at radius 1 is 1.16 bits per heavy atom. The number of ketones is 1. The van der Waals surface area contributed by atoms with E-state index in [9.17, 15) is 9.59 Å². The summed E-state index contributed by atoms with van der Waals surface area (Å²) in [5.74, 6) is 1.94. The maximum atomic E-state index is 13.6. The Labute approximate surface area is 229 Å². The highest BCUT2D eigenvalue weighted by atomic mass is 35.5. The summed E-state index contributed by atoms with van der Waals surface area (Å²) in [6.45, 7) is 8.85. The molecule has 38 heavy (non-hydrogen) atoms. The molecule has 0 bridgehead atoms. The number of Topliss-reactive ketones (excluding diaryl/α,β-unsaturated/α-hetero) is 1. The quantitative estimate of drug-likeness (QED) is 0.542. The zero-order valence-corrected chi connectivity index (χ0v) is 23.8. The van der Waals surface area contributed by atoms with Crippen LogP contribution in [0.15, 0.2) is 30.3 Å². The molecule has 1 amide bonds. The van der Waals surface area contributed by atoms with Gasteiger partial charge in [0.05, 0.1) is 29.8 Å². The molecule has 6 rings (SSSR count). The summed E-state index contributed by atoms with van der Waals surface area (Å²) in [6.07, 6.45) is 3.37. The zero-order chi connectivity index (χ0) is 27.2. The Kier molecular flexibility index (Phi) is 5.72. The van der Waals surface area contributed by atoms with Crippen molar-refractivity contribution in [3.8, 4) is 11.5 Å². The van der Waals surface area contributed by atoms with Gasteiger partial charge in [-0.2, -0.15) is 0 Å².